The predicted molar refractivity (Wildman–Crippen MR) is 163 cm³/mol. The first-order valence-corrected chi connectivity index (χ1v) is 13.1. The van der Waals surface area contributed by atoms with Gasteiger partial charge in [0, 0.05) is 5.56 Å². The molecule has 0 aliphatic heterocycles. The Morgan fingerprint density at radius 1 is 0.579 bits per heavy atom. The van der Waals surface area contributed by atoms with Crippen molar-refractivity contribution >= 4 is 24.8 Å². The third-order valence-corrected chi connectivity index (χ3v) is 6.50. The summed E-state index contributed by atoms with van der Waals surface area (Å²) in [6, 6.07) is 23.1. The average Bonchev–Trinajstić information content (AvgIpc) is 2.93. The summed E-state index contributed by atoms with van der Waals surface area (Å²) in [6.45, 7) is 4.09. The zero-order valence-electron chi connectivity index (χ0n) is 23.0. The molecule has 0 heterocycles. The van der Waals surface area contributed by atoms with Gasteiger partial charge in [0.05, 0.1) is 21.3 Å². The van der Waals surface area contributed by atoms with Crippen molar-refractivity contribution in [2.45, 2.75) is 38.5 Å². The van der Waals surface area contributed by atoms with Gasteiger partial charge < -0.3 is 24.8 Å². The summed E-state index contributed by atoms with van der Waals surface area (Å²) in [6.07, 6.45) is 6.21. The Hall–Kier alpha value is -2.44. The summed E-state index contributed by atoms with van der Waals surface area (Å²) in [7, 11) is 5.13. The fourth-order valence-electron chi connectivity index (χ4n) is 4.49. The van der Waals surface area contributed by atoms with Crippen LogP contribution >= 0.6 is 24.8 Å². The lowest BCUT2D eigenvalue weighted by Gasteiger charge is -2.17. The Kier molecular flexibility index (Phi) is 17.3. The monoisotopic (exact) mass is 562 g/mol. The van der Waals surface area contributed by atoms with E-state index in [1.54, 1.807) is 21.3 Å². The second-order valence-electron chi connectivity index (χ2n) is 8.98. The topological polar surface area (TPSA) is 51.8 Å². The SMILES string of the molecule is COc1cccc(CCc2c(CCNCCCCNCCc3ccccc3)ccc(OC)c2OC)c1.Cl.Cl. The normalized spacial score (nSPS) is 10.3. The number of nitrogens with one attached hydrogen (secondary N) is 2. The molecule has 0 bridgehead atoms. The third kappa shape index (κ3) is 11.1. The Morgan fingerprint density at radius 3 is 1.92 bits per heavy atom. The summed E-state index contributed by atoms with van der Waals surface area (Å²) in [5, 5.41) is 7.17. The molecule has 0 fully saturated rings. The third-order valence-electron chi connectivity index (χ3n) is 6.50. The highest BCUT2D eigenvalue weighted by Gasteiger charge is 2.15. The summed E-state index contributed by atoms with van der Waals surface area (Å²) in [5.41, 5.74) is 5.18. The van der Waals surface area contributed by atoms with E-state index in [0.29, 0.717) is 0 Å². The molecular weight excluding hydrogens is 519 g/mol. The lowest BCUT2D eigenvalue weighted by atomic mass is 9.96. The van der Waals surface area contributed by atoms with Gasteiger partial charge in [-0.3, -0.25) is 0 Å². The van der Waals surface area contributed by atoms with Crippen molar-refractivity contribution in [3.8, 4) is 17.2 Å². The van der Waals surface area contributed by atoms with Crippen LogP contribution in [0.2, 0.25) is 0 Å². The van der Waals surface area contributed by atoms with Gasteiger partial charge in [-0.05, 0) is 99.6 Å². The number of hydrogen-bond donors (Lipinski definition) is 2. The van der Waals surface area contributed by atoms with Gasteiger partial charge in [-0.2, -0.15) is 0 Å². The van der Waals surface area contributed by atoms with Crippen molar-refractivity contribution in [2.75, 3.05) is 47.5 Å². The fraction of sp³-hybridized carbons (Fsp3) is 0.419. The average molecular weight is 564 g/mol. The van der Waals surface area contributed by atoms with E-state index >= 15 is 0 Å². The quantitative estimate of drug-likeness (QED) is 0.195. The van der Waals surface area contributed by atoms with Crippen molar-refractivity contribution in [3.05, 3.63) is 89.0 Å². The number of rotatable bonds is 17. The lowest BCUT2D eigenvalue weighted by Crippen LogP contribution is -2.22. The minimum Gasteiger partial charge on any atom is -0.497 e. The molecule has 0 aliphatic carbocycles. The van der Waals surface area contributed by atoms with Gasteiger partial charge in [0.2, 0.25) is 0 Å². The highest BCUT2D eigenvalue weighted by Crippen LogP contribution is 2.34. The largest absolute Gasteiger partial charge is 0.497 e. The zero-order valence-corrected chi connectivity index (χ0v) is 24.6. The highest BCUT2D eigenvalue weighted by molar-refractivity contribution is 5.85. The molecule has 0 radical (unpaired) electrons. The molecule has 210 valence electrons. The first-order valence-electron chi connectivity index (χ1n) is 13.1. The molecule has 3 aromatic carbocycles. The number of unbranched alkanes of at least 4 members (excludes halogenated alkanes) is 1. The molecule has 0 spiro atoms. The molecule has 7 heteroatoms. The van der Waals surface area contributed by atoms with Crippen LogP contribution in [-0.2, 0) is 25.7 Å². The van der Waals surface area contributed by atoms with Crippen molar-refractivity contribution in [1.29, 1.82) is 0 Å². The van der Waals surface area contributed by atoms with Crippen LogP contribution in [0.1, 0.15) is 35.1 Å². The molecule has 38 heavy (non-hydrogen) atoms. The van der Waals surface area contributed by atoms with E-state index in [9.17, 15) is 0 Å². The number of methoxy groups -OCH3 is 3. The van der Waals surface area contributed by atoms with E-state index in [1.165, 1.54) is 35.1 Å². The molecule has 0 aromatic heterocycles. The molecular formula is C31H44Cl2N2O3. The van der Waals surface area contributed by atoms with Crippen molar-refractivity contribution < 1.29 is 14.2 Å². The Labute approximate surface area is 241 Å². The first kappa shape index (κ1) is 33.6. The molecule has 0 aliphatic rings. The van der Waals surface area contributed by atoms with Crippen molar-refractivity contribution in [3.63, 3.8) is 0 Å². The smallest absolute Gasteiger partial charge is 0.164 e. The molecule has 3 aromatic rings. The second-order valence-corrected chi connectivity index (χ2v) is 8.98. The van der Waals surface area contributed by atoms with Crippen molar-refractivity contribution in [2.24, 2.45) is 0 Å². The van der Waals surface area contributed by atoms with Gasteiger partial charge in [0.25, 0.3) is 0 Å². The van der Waals surface area contributed by atoms with Crippen LogP contribution in [0.25, 0.3) is 0 Å². The molecule has 5 nitrogen and oxygen atoms in total. The van der Waals surface area contributed by atoms with Gasteiger partial charge in [-0.25, -0.2) is 0 Å². The Bertz CT molecular complexity index is 1030. The molecule has 3 rings (SSSR count). The maximum Gasteiger partial charge on any atom is 0.164 e. The zero-order chi connectivity index (χ0) is 25.4. The maximum atomic E-state index is 5.78. The van der Waals surface area contributed by atoms with E-state index in [0.717, 1.165) is 69.1 Å². The van der Waals surface area contributed by atoms with Crippen LogP contribution in [0.4, 0.5) is 0 Å². The molecule has 2 N–H and O–H groups in total. The number of benzene rings is 3. The van der Waals surface area contributed by atoms with Gasteiger partial charge in [-0.15, -0.1) is 24.8 Å². The van der Waals surface area contributed by atoms with Crippen LogP contribution in [-0.4, -0.2) is 47.5 Å². The predicted octanol–water partition coefficient (Wildman–Crippen LogP) is 6.09. The van der Waals surface area contributed by atoms with E-state index in [1.807, 2.05) is 18.2 Å². The van der Waals surface area contributed by atoms with E-state index < -0.39 is 0 Å². The Balaban J connectivity index is 0.00000361. The van der Waals surface area contributed by atoms with Crippen molar-refractivity contribution in [1.82, 2.24) is 10.6 Å². The van der Waals surface area contributed by atoms with Crippen LogP contribution < -0.4 is 24.8 Å². The number of halogens is 2. The van der Waals surface area contributed by atoms with E-state index in [4.69, 9.17) is 14.2 Å². The number of hydrogen-bond acceptors (Lipinski definition) is 5. The first-order chi connectivity index (χ1) is 17.7. The molecule has 0 unspecified atom stereocenters. The van der Waals surface area contributed by atoms with Gasteiger partial charge in [0.1, 0.15) is 5.75 Å². The maximum absolute atomic E-state index is 5.78. The van der Waals surface area contributed by atoms with Gasteiger partial charge in [0.15, 0.2) is 11.5 Å². The van der Waals surface area contributed by atoms with Gasteiger partial charge >= 0.3 is 0 Å². The summed E-state index contributed by atoms with van der Waals surface area (Å²) >= 11 is 0. The molecule has 0 saturated carbocycles. The highest BCUT2D eigenvalue weighted by atomic mass is 35.5. The molecule has 0 amide bonds. The van der Waals surface area contributed by atoms with E-state index in [-0.39, 0.29) is 24.8 Å². The number of ether oxygens (including phenoxy) is 3. The summed E-state index contributed by atoms with van der Waals surface area (Å²) in [5.74, 6) is 2.52. The summed E-state index contributed by atoms with van der Waals surface area (Å²) < 4.78 is 16.7. The Morgan fingerprint density at radius 2 is 1.26 bits per heavy atom. The van der Waals surface area contributed by atoms with E-state index in [2.05, 4.69) is 59.2 Å². The minimum absolute atomic E-state index is 0. The van der Waals surface area contributed by atoms with Crippen LogP contribution in [0.15, 0.2) is 66.7 Å². The van der Waals surface area contributed by atoms with Crippen LogP contribution in [0, 0.1) is 0 Å². The van der Waals surface area contributed by atoms with Crippen LogP contribution in [0.5, 0.6) is 17.2 Å². The van der Waals surface area contributed by atoms with Crippen LogP contribution in [0.3, 0.4) is 0 Å². The fourth-order valence-corrected chi connectivity index (χ4v) is 4.49. The van der Waals surface area contributed by atoms with Gasteiger partial charge in [-0.1, -0.05) is 48.5 Å². The molecule has 0 atom stereocenters. The standard InChI is InChI=1S/C31H42N2O3.2ClH/c1-34-28-13-9-12-26(24-28)14-16-29-27(15-17-30(35-2)31(29)36-3)19-23-33-21-8-7-20-32-22-18-25-10-5-4-6-11-25;;/h4-6,9-13,15,17,24,32-33H,7-8,14,16,18-23H2,1-3H3;2*1H. The minimum atomic E-state index is 0. The molecule has 0 saturated heterocycles. The summed E-state index contributed by atoms with van der Waals surface area (Å²) in [4.78, 5) is 0. The number of aryl methyl sites for hydroxylation is 1. The lowest BCUT2D eigenvalue weighted by molar-refractivity contribution is 0.351. The second kappa shape index (κ2) is 19.6.